The van der Waals surface area contributed by atoms with Crippen LogP contribution in [0.25, 0.3) is 10.9 Å². The molecule has 1 N–H and O–H groups in total. The van der Waals surface area contributed by atoms with Gasteiger partial charge in [-0.15, -0.1) is 0 Å². The lowest BCUT2D eigenvalue weighted by Gasteiger charge is -2.26. The second-order valence-corrected chi connectivity index (χ2v) is 5.06. The molecular formula is C16H14FN3. The van der Waals surface area contributed by atoms with Gasteiger partial charge in [0.2, 0.25) is 0 Å². The van der Waals surface area contributed by atoms with Crippen molar-refractivity contribution in [3.63, 3.8) is 0 Å². The first kappa shape index (κ1) is 11.5. The van der Waals surface area contributed by atoms with Crippen LogP contribution < -0.4 is 5.32 Å². The van der Waals surface area contributed by atoms with E-state index < -0.39 is 0 Å². The van der Waals surface area contributed by atoms with Gasteiger partial charge >= 0.3 is 0 Å². The third kappa shape index (κ3) is 1.61. The Labute approximate surface area is 116 Å². The van der Waals surface area contributed by atoms with Gasteiger partial charge in [0, 0.05) is 17.5 Å². The molecule has 1 aliphatic rings. The van der Waals surface area contributed by atoms with Crippen molar-refractivity contribution in [1.29, 1.82) is 0 Å². The molecule has 0 spiro atoms. The Morgan fingerprint density at radius 2 is 1.90 bits per heavy atom. The second-order valence-electron chi connectivity index (χ2n) is 5.06. The van der Waals surface area contributed by atoms with Gasteiger partial charge in [0.05, 0.1) is 11.6 Å². The Bertz CT molecular complexity index is 778. The van der Waals surface area contributed by atoms with E-state index in [0.717, 1.165) is 29.7 Å². The highest BCUT2D eigenvalue weighted by atomic mass is 19.1. The zero-order chi connectivity index (χ0) is 13.5. The van der Waals surface area contributed by atoms with E-state index >= 15 is 0 Å². The first-order chi connectivity index (χ1) is 9.84. The maximum Gasteiger partial charge on any atom is 0.132 e. The zero-order valence-corrected chi connectivity index (χ0v) is 10.9. The number of anilines is 1. The van der Waals surface area contributed by atoms with E-state index in [1.54, 1.807) is 6.07 Å². The first-order valence-electron chi connectivity index (χ1n) is 6.80. The van der Waals surface area contributed by atoms with Crippen molar-refractivity contribution in [2.24, 2.45) is 0 Å². The molecule has 3 nitrogen and oxygen atoms in total. The van der Waals surface area contributed by atoms with Crippen molar-refractivity contribution in [2.45, 2.75) is 12.5 Å². The van der Waals surface area contributed by atoms with Crippen LogP contribution in [0.5, 0.6) is 0 Å². The molecule has 0 bridgehead atoms. The molecule has 1 aliphatic heterocycles. The van der Waals surface area contributed by atoms with E-state index in [9.17, 15) is 4.39 Å². The van der Waals surface area contributed by atoms with Crippen molar-refractivity contribution in [3.05, 3.63) is 59.9 Å². The smallest absolute Gasteiger partial charge is 0.132 e. The van der Waals surface area contributed by atoms with Crippen LogP contribution in [-0.4, -0.2) is 16.3 Å². The molecule has 0 radical (unpaired) electrons. The van der Waals surface area contributed by atoms with Gasteiger partial charge in [0.15, 0.2) is 0 Å². The SMILES string of the molecule is Fc1ccccc1C1CCNc2c3ccccc3nn21. The molecule has 1 unspecified atom stereocenters. The van der Waals surface area contributed by atoms with Gasteiger partial charge in [-0.25, -0.2) is 9.07 Å². The van der Waals surface area contributed by atoms with Crippen molar-refractivity contribution >= 4 is 16.7 Å². The van der Waals surface area contributed by atoms with Crippen LogP contribution in [0.1, 0.15) is 18.0 Å². The lowest BCUT2D eigenvalue weighted by atomic mass is 10.0. The number of aromatic nitrogens is 2. The number of halogens is 1. The maximum absolute atomic E-state index is 14.1. The van der Waals surface area contributed by atoms with Gasteiger partial charge in [-0.3, -0.25) is 0 Å². The number of fused-ring (bicyclic) bond motifs is 3. The number of benzene rings is 2. The summed E-state index contributed by atoms with van der Waals surface area (Å²) in [5.41, 5.74) is 1.65. The van der Waals surface area contributed by atoms with Crippen molar-refractivity contribution in [3.8, 4) is 0 Å². The Kier molecular flexibility index (Phi) is 2.49. The fraction of sp³-hybridized carbons (Fsp3) is 0.188. The minimum Gasteiger partial charge on any atom is -0.370 e. The number of hydrogen-bond donors (Lipinski definition) is 1. The van der Waals surface area contributed by atoms with E-state index in [2.05, 4.69) is 10.4 Å². The van der Waals surface area contributed by atoms with Crippen LogP contribution in [0.3, 0.4) is 0 Å². The van der Waals surface area contributed by atoms with Crippen molar-refractivity contribution in [2.75, 3.05) is 11.9 Å². The Morgan fingerprint density at radius 1 is 1.10 bits per heavy atom. The fourth-order valence-corrected chi connectivity index (χ4v) is 2.93. The zero-order valence-electron chi connectivity index (χ0n) is 10.9. The number of hydrogen-bond acceptors (Lipinski definition) is 2. The van der Waals surface area contributed by atoms with Crippen LogP contribution in [0.15, 0.2) is 48.5 Å². The molecule has 0 fully saturated rings. The summed E-state index contributed by atoms with van der Waals surface area (Å²) in [5.74, 6) is 0.824. The first-order valence-corrected chi connectivity index (χ1v) is 6.80. The molecule has 2 heterocycles. The molecule has 0 saturated carbocycles. The molecule has 4 heteroatoms. The lowest BCUT2D eigenvalue weighted by molar-refractivity contribution is 0.462. The number of nitrogens with one attached hydrogen (secondary N) is 1. The van der Waals surface area contributed by atoms with E-state index in [1.807, 2.05) is 41.1 Å². The average molecular weight is 267 g/mol. The molecule has 0 amide bonds. The van der Waals surface area contributed by atoms with Gasteiger partial charge in [-0.1, -0.05) is 30.3 Å². The predicted octanol–water partition coefficient (Wildman–Crippen LogP) is 3.58. The molecule has 4 rings (SSSR count). The van der Waals surface area contributed by atoms with Gasteiger partial charge in [-0.05, 0) is 24.6 Å². The van der Waals surface area contributed by atoms with Crippen LogP contribution in [0.2, 0.25) is 0 Å². The van der Waals surface area contributed by atoms with E-state index in [4.69, 9.17) is 0 Å². The van der Waals surface area contributed by atoms with E-state index in [0.29, 0.717) is 5.56 Å². The summed E-state index contributed by atoms with van der Waals surface area (Å²) in [6, 6.07) is 14.9. The molecule has 1 atom stereocenters. The summed E-state index contributed by atoms with van der Waals surface area (Å²) < 4.78 is 16.0. The van der Waals surface area contributed by atoms with Crippen molar-refractivity contribution in [1.82, 2.24) is 9.78 Å². The van der Waals surface area contributed by atoms with Crippen LogP contribution in [0, 0.1) is 5.82 Å². The fourth-order valence-electron chi connectivity index (χ4n) is 2.93. The van der Waals surface area contributed by atoms with Crippen LogP contribution in [0.4, 0.5) is 10.2 Å². The predicted molar refractivity (Wildman–Crippen MR) is 77.4 cm³/mol. The Morgan fingerprint density at radius 3 is 2.80 bits per heavy atom. The highest BCUT2D eigenvalue weighted by Crippen LogP contribution is 2.34. The molecule has 2 aromatic carbocycles. The summed E-state index contributed by atoms with van der Waals surface area (Å²) in [6.45, 7) is 0.828. The van der Waals surface area contributed by atoms with Gasteiger partial charge in [-0.2, -0.15) is 5.10 Å². The van der Waals surface area contributed by atoms with Gasteiger partial charge < -0.3 is 5.32 Å². The van der Waals surface area contributed by atoms with Gasteiger partial charge in [0.25, 0.3) is 0 Å². The highest BCUT2D eigenvalue weighted by molar-refractivity contribution is 5.90. The highest BCUT2D eigenvalue weighted by Gasteiger charge is 2.26. The number of nitrogens with zero attached hydrogens (tertiary/aromatic N) is 2. The summed E-state index contributed by atoms with van der Waals surface area (Å²) in [5, 5.41) is 9.11. The van der Waals surface area contributed by atoms with E-state index in [-0.39, 0.29) is 11.9 Å². The summed E-state index contributed by atoms with van der Waals surface area (Å²) >= 11 is 0. The summed E-state index contributed by atoms with van der Waals surface area (Å²) in [7, 11) is 0. The quantitative estimate of drug-likeness (QED) is 0.730. The van der Waals surface area contributed by atoms with Crippen LogP contribution >= 0.6 is 0 Å². The topological polar surface area (TPSA) is 29.9 Å². The molecule has 100 valence electrons. The standard InChI is InChI=1S/C16H14FN3/c17-13-7-3-1-5-11(13)15-9-10-18-16-12-6-2-4-8-14(12)19-20(15)16/h1-8,15,18H,9-10H2. The summed E-state index contributed by atoms with van der Waals surface area (Å²) in [4.78, 5) is 0. The normalized spacial score (nSPS) is 17.8. The average Bonchev–Trinajstić information content (AvgIpc) is 2.86. The number of rotatable bonds is 1. The van der Waals surface area contributed by atoms with Gasteiger partial charge in [0.1, 0.15) is 11.6 Å². The largest absolute Gasteiger partial charge is 0.370 e. The minimum absolute atomic E-state index is 0.0418. The summed E-state index contributed by atoms with van der Waals surface area (Å²) in [6.07, 6.45) is 0.835. The molecule has 0 aliphatic carbocycles. The molecule has 3 aromatic rings. The monoisotopic (exact) mass is 267 g/mol. The third-order valence-corrected chi connectivity index (χ3v) is 3.87. The third-order valence-electron chi connectivity index (χ3n) is 3.87. The second kappa shape index (κ2) is 4.34. The molecule has 1 aromatic heterocycles. The lowest BCUT2D eigenvalue weighted by Crippen LogP contribution is -2.25. The van der Waals surface area contributed by atoms with E-state index in [1.165, 1.54) is 6.07 Å². The molecule has 0 saturated heterocycles. The minimum atomic E-state index is -0.162. The van der Waals surface area contributed by atoms with Crippen LogP contribution in [-0.2, 0) is 0 Å². The molecular weight excluding hydrogens is 253 g/mol. The Balaban J connectivity index is 1.92. The Hall–Kier alpha value is -2.36. The van der Waals surface area contributed by atoms with Crippen molar-refractivity contribution < 1.29 is 4.39 Å². The maximum atomic E-state index is 14.1. The molecule has 20 heavy (non-hydrogen) atoms.